The number of methoxy groups -OCH3 is 1. The molecule has 13 heteroatoms. The Morgan fingerprint density at radius 1 is 1.32 bits per heavy atom. The average Bonchev–Trinajstić information content (AvgIpc) is 3.08. The summed E-state index contributed by atoms with van der Waals surface area (Å²) in [6, 6.07) is 0.824. The Morgan fingerprint density at radius 3 is 2.61 bits per heavy atom. The molecule has 8 nitrogen and oxygen atoms in total. The number of halogens is 5. The van der Waals surface area contributed by atoms with Crippen molar-refractivity contribution < 1.29 is 35.9 Å². The van der Waals surface area contributed by atoms with Gasteiger partial charge in [-0.15, -0.1) is 5.10 Å². The van der Waals surface area contributed by atoms with Crippen molar-refractivity contribution >= 4 is 11.9 Å². The Hall–Kier alpha value is -2.99. The fourth-order valence-corrected chi connectivity index (χ4v) is 3.71. The number of carbonyl (C=O) groups excluding carboxylic acids is 1. The van der Waals surface area contributed by atoms with Crippen LogP contribution in [0.4, 0.5) is 28.0 Å². The van der Waals surface area contributed by atoms with E-state index in [0.29, 0.717) is 0 Å². The fraction of sp³-hybridized carbons (Fsp3) is 0.556. The smallest absolute Gasteiger partial charge is 0.433 e. The van der Waals surface area contributed by atoms with E-state index >= 15 is 0 Å². The molecule has 0 radical (unpaired) electrons. The number of carbonyl (C=O) groups is 1. The molecule has 0 aromatic carbocycles. The van der Waals surface area contributed by atoms with Crippen molar-refractivity contribution in [1.29, 1.82) is 0 Å². The van der Waals surface area contributed by atoms with Crippen LogP contribution in [0.15, 0.2) is 16.5 Å². The number of aromatic nitrogens is 3. The molecule has 4 rings (SSSR count). The lowest BCUT2D eigenvalue weighted by molar-refractivity contribution is -0.141. The third-order valence-corrected chi connectivity index (χ3v) is 5.59. The van der Waals surface area contributed by atoms with Gasteiger partial charge in [0.15, 0.2) is 0 Å². The van der Waals surface area contributed by atoms with Crippen molar-refractivity contribution in [3.63, 3.8) is 0 Å². The van der Waals surface area contributed by atoms with Crippen molar-refractivity contribution in [2.24, 2.45) is 5.41 Å². The molecule has 2 aromatic rings. The SMILES string of the molecule is COc1nc(C(F)(F)F)ccc1-c1nnc(N[C@@H](C)C(=O)N2CC[C@]3(C2)CC3(F)F)o1. The zero-order valence-electron chi connectivity index (χ0n) is 16.5. The van der Waals surface area contributed by atoms with Gasteiger partial charge in [0.2, 0.25) is 11.8 Å². The Bertz CT molecular complexity index is 1010. The summed E-state index contributed by atoms with van der Waals surface area (Å²) in [6.07, 6.45) is -4.60. The monoisotopic (exact) mass is 447 g/mol. The van der Waals surface area contributed by atoms with E-state index in [9.17, 15) is 26.7 Å². The first-order valence-corrected chi connectivity index (χ1v) is 9.35. The molecule has 3 heterocycles. The minimum absolute atomic E-state index is 0.00560. The second kappa shape index (κ2) is 7.02. The van der Waals surface area contributed by atoms with Crippen LogP contribution in [0.25, 0.3) is 11.5 Å². The van der Waals surface area contributed by atoms with E-state index in [0.717, 1.165) is 19.2 Å². The third-order valence-electron chi connectivity index (χ3n) is 5.59. The van der Waals surface area contributed by atoms with Gasteiger partial charge in [0, 0.05) is 19.5 Å². The Morgan fingerprint density at radius 2 is 2.03 bits per heavy atom. The number of hydrogen-bond acceptors (Lipinski definition) is 7. The molecule has 2 atom stereocenters. The largest absolute Gasteiger partial charge is 0.480 e. The summed E-state index contributed by atoms with van der Waals surface area (Å²) in [5.74, 6) is -3.65. The van der Waals surface area contributed by atoms with Gasteiger partial charge < -0.3 is 19.4 Å². The van der Waals surface area contributed by atoms with Crippen LogP contribution >= 0.6 is 0 Å². The number of likely N-dealkylation sites (tertiary alicyclic amines) is 1. The average molecular weight is 447 g/mol. The van der Waals surface area contributed by atoms with Gasteiger partial charge in [0.25, 0.3) is 11.8 Å². The summed E-state index contributed by atoms with van der Waals surface area (Å²) >= 11 is 0. The Balaban J connectivity index is 1.44. The molecule has 1 aliphatic carbocycles. The Kier molecular flexibility index (Phi) is 4.81. The van der Waals surface area contributed by atoms with Gasteiger partial charge in [0.1, 0.15) is 17.3 Å². The van der Waals surface area contributed by atoms with Crippen molar-refractivity contribution in [3.8, 4) is 17.3 Å². The molecule has 1 N–H and O–H groups in total. The van der Waals surface area contributed by atoms with Crippen LogP contribution < -0.4 is 10.1 Å². The normalized spacial score (nSPS) is 23.1. The molecule has 2 fully saturated rings. The van der Waals surface area contributed by atoms with Gasteiger partial charge >= 0.3 is 12.2 Å². The van der Waals surface area contributed by atoms with Crippen LogP contribution in [-0.4, -0.2) is 58.2 Å². The van der Waals surface area contributed by atoms with E-state index in [1.807, 2.05) is 0 Å². The lowest BCUT2D eigenvalue weighted by atomic mass is 10.1. The number of hydrogen-bond donors (Lipinski definition) is 1. The molecular weight excluding hydrogens is 429 g/mol. The van der Waals surface area contributed by atoms with E-state index in [-0.39, 0.29) is 49.3 Å². The number of alkyl halides is 5. The first-order valence-electron chi connectivity index (χ1n) is 9.35. The highest BCUT2D eigenvalue weighted by Gasteiger charge is 2.73. The van der Waals surface area contributed by atoms with Gasteiger partial charge in [-0.2, -0.15) is 13.2 Å². The molecular formula is C18H18F5N5O3. The number of ether oxygens (including phenoxy) is 1. The van der Waals surface area contributed by atoms with Crippen molar-refractivity contribution in [3.05, 3.63) is 17.8 Å². The predicted octanol–water partition coefficient (Wildman–Crippen LogP) is 3.22. The van der Waals surface area contributed by atoms with Crippen LogP contribution in [0.5, 0.6) is 5.88 Å². The highest BCUT2D eigenvalue weighted by Crippen LogP contribution is 2.65. The van der Waals surface area contributed by atoms with Gasteiger partial charge in [-0.25, -0.2) is 13.8 Å². The van der Waals surface area contributed by atoms with Crippen LogP contribution in [-0.2, 0) is 11.0 Å². The third kappa shape index (κ3) is 3.76. The minimum atomic E-state index is -4.65. The van der Waals surface area contributed by atoms with Gasteiger partial charge in [-0.1, -0.05) is 5.10 Å². The van der Waals surface area contributed by atoms with Crippen molar-refractivity contribution in [2.75, 3.05) is 25.5 Å². The van der Waals surface area contributed by atoms with Crippen molar-refractivity contribution in [1.82, 2.24) is 20.1 Å². The number of nitrogens with zero attached hydrogens (tertiary/aromatic N) is 4. The fourth-order valence-electron chi connectivity index (χ4n) is 3.71. The second-order valence-corrected chi connectivity index (χ2v) is 7.70. The predicted molar refractivity (Wildman–Crippen MR) is 95.4 cm³/mol. The van der Waals surface area contributed by atoms with Crippen LogP contribution in [0.3, 0.4) is 0 Å². The molecule has 1 aliphatic heterocycles. The standard InChI is InChI=1S/C18H18F5N5O3/c1-9(14(29)28-6-5-16(8-28)7-17(16,19)20)24-15-27-26-13(31-15)10-3-4-11(18(21,22)23)25-12(10)30-2/h3-4,9H,5-8H2,1-2H3,(H,24,27)/t9-,16+/m0/s1. The Labute approximate surface area is 172 Å². The van der Waals surface area contributed by atoms with E-state index < -0.39 is 35.2 Å². The summed E-state index contributed by atoms with van der Waals surface area (Å²) in [6.45, 7) is 1.75. The first kappa shape index (κ1) is 21.2. The maximum atomic E-state index is 13.5. The van der Waals surface area contributed by atoms with Crippen molar-refractivity contribution in [2.45, 2.75) is 37.9 Å². The quantitative estimate of drug-likeness (QED) is 0.704. The number of amides is 1. The van der Waals surface area contributed by atoms with Gasteiger partial charge in [-0.05, 0) is 25.5 Å². The summed E-state index contributed by atoms with van der Waals surface area (Å²) in [4.78, 5) is 17.4. The molecule has 0 unspecified atom stereocenters. The lowest BCUT2D eigenvalue weighted by Gasteiger charge is -2.21. The first-order chi connectivity index (χ1) is 14.5. The maximum absolute atomic E-state index is 13.5. The minimum Gasteiger partial charge on any atom is -0.480 e. The number of anilines is 1. The summed E-state index contributed by atoms with van der Waals surface area (Å²) in [7, 11) is 1.15. The molecule has 1 saturated heterocycles. The molecule has 2 aromatic heterocycles. The maximum Gasteiger partial charge on any atom is 0.433 e. The molecule has 2 aliphatic rings. The highest BCUT2D eigenvalue weighted by atomic mass is 19.4. The van der Waals surface area contributed by atoms with Crippen LogP contribution in [0.1, 0.15) is 25.5 Å². The highest BCUT2D eigenvalue weighted by molar-refractivity contribution is 5.84. The zero-order chi connectivity index (χ0) is 22.6. The molecule has 1 spiro atoms. The molecule has 0 bridgehead atoms. The number of rotatable bonds is 5. The van der Waals surface area contributed by atoms with E-state index in [1.165, 1.54) is 11.8 Å². The van der Waals surface area contributed by atoms with Gasteiger partial charge in [-0.3, -0.25) is 4.79 Å². The molecule has 168 valence electrons. The molecule has 1 saturated carbocycles. The molecule has 1 amide bonds. The molecule has 31 heavy (non-hydrogen) atoms. The topological polar surface area (TPSA) is 93.4 Å². The summed E-state index contributed by atoms with van der Waals surface area (Å²) < 4.78 is 75.8. The van der Waals surface area contributed by atoms with E-state index in [2.05, 4.69) is 20.5 Å². The second-order valence-electron chi connectivity index (χ2n) is 7.70. The van der Waals surface area contributed by atoms with Gasteiger partial charge in [0.05, 0.1) is 12.5 Å². The van der Waals surface area contributed by atoms with E-state index in [1.54, 1.807) is 0 Å². The van der Waals surface area contributed by atoms with Crippen LogP contribution in [0, 0.1) is 5.41 Å². The van der Waals surface area contributed by atoms with Crippen LogP contribution in [0.2, 0.25) is 0 Å². The van der Waals surface area contributed by atoms with E-state index in [4.69, 9.17) is 9.15 Å². The zero-order valence-corrected chi connectivity index (χ0v) is 16.5. The number of pyridine rings is 1. The number of nitrogens with one attached hydrogen (secondary N) is 1. The summed E-state index contributed by atoms with van der Waals surface area (Å²) in [5.41, 5.74) is -2.21. The lowest BCUT2D eigenvalue weighted by Crippen LogP contribution is -2.40. The summed E-state index contributed by atoms with van der Waals surface area (Å²) in [5, 5.41) is 10.2.